The molecule has 2 rings (SSSR count). The van der Waals surface area contributed by atoms with Crippen molar-refractivity contribution in [1.29, 1.82) is 0 Å². The van der Waals surface area contributed by atoms with Gasteiger partial charge >= 0.3 is 0 Å². The van der Waals surface area contributed by atoms with E-state index in [0.717, 1.165) is 5.56 Å². The first-order chi connectivity index (χ1) is 9.86. The molecule has 1 atom stereocenters. The van der Waals surface area contributed by atoms with Gasteiger partial charge < -0.3 is 10.3 Å². The minimum Gasteiger partial charge on any atom is -0.594 e. The number of hydrogen-bond acceptors (Lipinski definition) is 4. The lowest BCUT2D eigenvalue weighted by atomic mass is 10.1. The predicted molar refractivity (Wildman–Crippen MR) is 84.6 cm³/mol. The summed E-state index contributed by atoms with van der Waals surface area (Å²) in [6.45, 7) is 1.42. The molecule has 0 aliphatic heterocycles. The maximum Gasteiger partial charge on any atom is 0.286 e. The average Bonchev–Trinajstić information content (AvgIpc) is 2.78. The maximum absolute atomic E-state index is 12.8. The Kier molecular flexibility index (Phi) is 4.62. The van der Waals surface area contributed by atoms with E-state index in [1.54, 1.807) is 14.0 Å². The molecular formula is C12H17BF2N4OS. The summed E-state index contributed by atoms with van der Waals surface area (Å²) in [5.41, 5.74) is 7.74. The number of anilines is 2. The molecule has 0 aliphatic carbocycles. The van der Waals surface area contributed by atoms with Crippen LogP contribution < -0.4 is 9.95 Å². The minimum atomic E-state index is -2.54. The van der Waals surface area contributed by atoms with Crippen molar-refractivity contribution in [3.8, 4) is 0 Å². The number of rotatable bonds is 5. The summed E-state index contributed by atoms with van der Waals surface area (Å²) in [7, 11) is 1.62. The monoisotopic (exact) mass is 314 g/mol. The van der Waals surface area contributed by atoms with Gasteiger partial charge in [0.25, 0.3) is 14.4 Å². The minimum absolute atomic E-state index is 0.386. The van der Waals surface area contributed by atoms with E-state index in [-0.39, 0.29) is 0 Å². The fourth-order valence-corrected chi connectivity index (χ4v) is 2.66. The summed E-state index contributed by atoms with van der Waals surface area (Å²) < 4.78 is 39.9. The van der Waals surface area contributed by atoms with E-state index in [1.165, 1.54) is 15.2 Å². The molecular weight excluding hydrogens is 297 g/mol. The lowest BCUT2D eigenvalue weighted by molar-refractivity contribution is 0.123. The quantitative estimate of drug-likeness (QED) is 0.510. The van der Waals surface area contributed by atoms with Gasteiger partial charge in [-0.3, -0.25) is 4.68 Å². The summed E-state index contributed by atoms with van der Waals surface area (Å²) >= 11 is -1.30. The Hall–Kier alpha value is -1.48. The van der Waals surface area contributed by atoms with Gasteiger partial charge in [-0.05, 0) is 18.1 Å². The second-order valence-corrected chi connectivity index (χ2v) is 6.10. The molecule has 0 spiro atoms. The van der Waals surface area contributed by atoms with Gasteiger partial charge in [-0.25, -0.2) is 13.0 Å². The third kappa shape index (κ3) is 2.93. The second kappa shape index (κ2) is 6.11. The first-order valence-electron chi connectivity index (χ1n) is 6.50. The zero-order chi connectivity index (χ0) is 15.7. The second-order valence-electron chi connectivity index (χ2n) is 4.71. The van der Waals surface area contributed by atoms with Crippen molar-refractivity contribution in [2.45, 2.75) is 26.3 Å². The van der Waals surface area contributed by atoms with Crippen molar-refractivity contribution in [2.75, 3.05) is 16.2 Å². The highest BCUT2D eigenvalue weighted by Gasteiger charge is 2.23. The van der Waals surface area contributed by atoms with Gasteiger partial charge in [-0.15, -0.1) is 0 Å². The normalized spacial score (nSPS) is 13.0. The highest BCUT2D eigenvalue weighted by Crippen LogP contribution is 2.34. The largest absolute Gasteiger partial charge is 0.594 e. The van der Waals surface area contributed by atoms with Crippen molar-refractivity contribution in [2.24, 2.45) is 0 Å². The van der Waals surface area contributed by atoms with E-state index in [2.05, 4.69) is 5.10 Å². The third-order valence-corrected chi connectivity index (χ3v) is 4.31. The number of nitrogens with zero attached hydrogens (tertiary/aromatic N) is 3. The van der Waals surface area contributed by atoms with Crippen LogP contribution in [0.2, 0.25) is 0 Å². The standard InChI is InChI=1S/C12H17BF2N4OS/c1-3-7-4-5-8(16)11-10(7)12(19(13)21(2)20)17-18(11)6-9(14)15/h4-5,9H,3,6,13,16H2,1-2H3. The number of aromatic nitrogens is 2. The predicted octanol–water partition coefficient (Wildman–Crippen LogP) is 1.09. The number of nitrogens with two attached hydrogens (primary N) is 1. The van der Waals surface area contributed by atoms with Gasteiger partial charge in [0.05, 0.1) is 28.0 Å². The summed E-state index contributed by atoms with van der Waals surface area (Å²) in [5.74, 6) is 0.413. The van der Waals surface area contributed by atoms with Crippen molar-refractivity contribution < 1.29 is 13.3 Å². The van der Waals surface area contributed by atoms with Crippen molar-refractivity contribution >= 4 is 41.8 Å². The molecule has 5 nitrogen and oxygen atoms in total. The van der Waals surface area contributed by atoms with Crippen LogP contribution in [0, 0.1) is 0 Å². The molecule has 21 heavy (non-hydrogen) atoms. The fraction of sp³-hybridized carbons (Fsp3) is 0.417. The molecule has 2 N–H and O–H groups in total. The van der Waals surface area contributed by atoms with E-state index in [9.17, 15) is 13.3 Å². The zero-order valence-electron chi connectivity index (χ0n) is 12.1. The lowest BCUT2D eigenvalue weighted by Gasteiger charge is -2.18. The Morgan fingerprint density at radius 1 is 1.52 bits per heavy atom. The molecule has 1 aromatic heterocycles. The fourth-order valence-electron chi connectivity index (χ4n) is 2.29. The summed E-state index contributed by atoms with van der Waals surface area (Å²) in [4.78, 5) is 0. The Balaban J connectivity index is 2.76. The van der Waals surface area contributed by atoms with Gasteiger partial charge in [-0.2, -0.15) is 5.10 Å². The van der Waals surface area contributed by atoms with E-state index < -0.39 is 24.3 Å². The Morgan fingerprint density at radius 2 is 2.19 bits per heavy atom. The first kappa shape index (κ1) is 15.9. The molecule has 0 bridgehead atoms. The van der Waals surface area contributed by atoms with Crippen LogP contribution in [0.1, 0.15) is 12.5 Å². The number of halogens is 2. The molecule has 1 unspecified atom stereocenters. The third-order valence-electron chi connectivity index (χ3n) is 3.37. The highest BCUT2D eigenvalue weighted by molar-refractivity contribution is 7.93. The lowest BCUT2D eigenvalue weighted by Crippen LogP contribution is -2.27. The number of aryl methyl sites for hydroxylation is 1. The van der Waals surface area contributed by atoms with Crippen LogP contribution in [0.3, 0.4) is 0 Å². The first-order valence-corrected chi connectivity index (χ1v) is 8.01. The van der Waals surface area contributed by atoms with Crippen LogP contribution in [0.25, 0.3) is 10.9 Å². The van der Waals surface area contributed by atoms with Gasteiger partial charge in [0.2, 0.25) is 0 Å². The molecule has 1 aromatic carbocycles. The molecule has 114 valence electrons. The Labute approximate surface area is 125 Å². The molecule has 0 saturated carbocycles. The molecule has 0 radical (unpaired) electrons. The van der Waals surface area contributed by atoms with Gasteiger partial charge in [0, 0.05) is 0 Å². The maximum atomic E-state index is 12.8. The van der Waals surface area contributed by atoms with Crippen LogP contribution in [-0.2, 0) is 24.3 Å². The van der Waals surface area contributed by atoms with E-state index in [0.29, 0.717) is 28.8 Å². The molecule has 0 aliphatic rings. The zero-order valence-corrected chi connectivity index (χ0v) is 13.0. The van der Waals surface area contributed by atoms with Crippen molar-refractivity contribution in [3.05, 3.63) is 17.7 Å². The molecule has 0 fully saturated rings. The number of hydrogen-bond donors (Lipinski definition) is 1. The smallest absolute Gasteiger partial charge is 0.286 e. The molecule has 2 aromatic rings. The van der Waals surface area contributed by atoms with Gasteiger partial charge in [0.1, 0.15) is 12.8 Å². The van der Waals surface area contributed by atoms with Crippen LogP contribution >= 0.6 is 0 Å². The number of nitrogen functional groups attached to an aromatic ring is 1. The highest BCUT2D eigenvalue weighted by atomic mass is 32.2. The van der Waals surface area contributed by atoms with E-state index in [1.807, 2.05) is 13.0 Å². The summed E-state index contributed by atoms with van der Waals surface area (Å²) in [6.07, 6.45) is -0.326. The topological polar surface area (TPSA) is 70.1 Å². The van der Waals surface area contributed by atoms with Gasteiger partial charge in [-0.1, -0.05) is 13.0 Å². The van der Waals surface area contributed by atoms with Gasteiger partial charge in [0.15, 0.2) is 5.82 Å². The summed E-state index contributed by atoms with van der Waals surface area (Å²) in [5, 5.41) is 4.90. The SMILES string of the molecule is BN(c1nn(CC(F)F)c2c(N)ccc(CC)c12)[S+](C)[O-]. The van der Waals surface area contributed by atoms with Crippen LogP contribution in [-0.4, -0.2) is 35.0 Å². The average molecular weight is 314 g/mol. The Morgan fingerprint density at radius 3 is 2.71 bits per heavy atom. The van der Waals surface area contributed by atoms with Crippen LogP contribution in [0.5, 0.6) is 0 Å². The van der Waals surface area contributed by atoms with Crippen LogP contribution in [0.4, 0.5) is 20.3 Å². The van der Waals surface area contributed by atoms with E-state index in [4.69, 9.17) is 5.73 Å². The van der Waals surface area contributed by atoms with Crippen molar-refractivity contribution in [1.82, 2.24) is 9.78 Å². The van der Waals surface area contributed by atoms with Crippen LogP contribution in [0.15, 0.2) is 12.1 Å². The summed E-state index contributed by atoms with van der Waals surface area (Å²) in [6, 6.07) is 3.54. The molecule has 1 heterocycles. The number of alkyl halides is 2. The van der Waals surface area contributed by atoms with E-state index >= 15 is 0 Å². The molecule has 9 heteroatoms. The molecule has 0 saturated heterocycles. The number of benzene rings is 1. The Bertz CT molecular complexity index is 650. The van der Waals surface area contributed by atoms with Crippen molar-refractivity contribution in [3.63, 3.8) is 0 Å². The molecule has 0 amide bonds. The number of fused-ring (bicyclic) bond motifs is 1.